The molecule has 1 aromatic heterocycles. The summed E-state index contributed by atoms with van der Waals surface area (Å²) >= 11 is 0. The number of carbonyl (C=O) groups excluding carboxylic acids is 1. The lowest BCUT2D eigenvalue weighted by Gasteiger charge is -2.26. The zero-order valence-electron chi connectivity index (χ0n) is 10.0. The molecule has 0 spiro atoms. The largest absolute Gasteiger partial charge is 0.469 e. The van der Waals surface area contributed by atoms with Crippen LogP contribution < -0.4 is 0 Å². The molecular weight excluding hydrogens is 188 g/mol. The fraction of sp³-hybridized carbons (Fsp3) is 0.615. The number of Topliss-reactive ketones (excluding diaryl/α,β-unsaturated/α-hetero) is 1. The molecule has 0 aliphatic heterocycles. The first-order valence-electron chi connectivity index (χ1n) is 5.43. The van der Waals surface area contributed by atoms with E-state index in [9.17, 15) is 4.79 Å². The average molecular weight is 208 g/mol. The van der Waals surface area contributed by atoms with Crippen molar-refractivity contribution >= 4 is 5.78 Å². The zero-order chi connectivity index (χ0) is 11.5. The van der Waals surface area contributed by atoms with Gasteiger partial charge < -0.3 is 4.42 Å². The smallest absolute Gasteiger partial charge is 0.140 e. The molecule has 1 aromatic rings. The van der Waals surface area contributed by atoms with Gasteiger partial charge in [0.2, 0.25) is 0 Å². The maximum absolute atomic E-state index is 11.7. The van der Waals surface area contributed by atoms with Gasteiger partial charge in [0.25, 0.3) is 0 Å². The normalized spacial score (nSPS) is 13.9. The molecule has 2 nitrogen and oxygen atoms in total. The molecule has 1 unspecified atom stereocenters. The lowest BCUT2D eigenvalue weighted by atomic mass is 9.79. The average Bonchev–Trinajstić information content (AvgIpc) is 2.54. The van der Waals surface area contributed by atoms with E-state index in [0.29, 0.717) is 18.8 Å². The van der Waals surface area contributed by atoms with Crippen molar-refractivity contribution in [3.05, 3.63) is 24.2 Å². The van der Waals surface area contributed by atoms with E-state index < -0.39 is 0 Å². The van der Waals surface area contributed by atoms with Gasteiger partial charge >= 0.3 is 0 Å². The van der Waals surface area contributed by atoms with E-state index in [-0.39, 0.29) is 11.2 Å². The monoisotopic (exact) mass is 208 g/mol. The summed E-state index contributed by atoms with van der Waals surface area (Å²) in [6, 6.07) is 3.66. The first-order chi connectivity index (χ1) is 6.89. The van der Waals surface area contributed by atoms with Crippen LogP contribution in [-0.4, -0.2) is 5.78 Å². The van der Waals surface area contributed by atoms with Gasteiger partial charge in [-0.1, -0.05) is 27.7 Å². The minimum atomic E-state index is 0.193. The summed E-state index contributed by atoms with van der Waals surface area (Å²) in [5.41, 5.74) is 0.193. The van der Waals surface area contributed by atoms with Crippen molar-refractivity contribution < 1.29 is 9.21 Å². The molecule has 0 aromatic carbocycles. The Balaban J connectivity index is 2.43. The van der Waals surface area contributed by atoms with Crippen LogP contribution in [0.3, 0.4) is 0 Å². The predicted octanol–water partition coefficient (Wildman–Crippen LogP) is 3.46. The van der Waals surface area contributed by atoms with Gasteiger partial charge in [-0.3, -0.25) is 4.79 Å². The van der Waals surface area contributed by atoms with Crippen molar-refractivity contribution in [3.63, 3.8) is 0 Å². The fourth-order valence-corrected chi connectivity index (χ4v) is 1.33. The van der Waals surface area contributed by atoms with E-state index >= 15 is 0 Å². The Labute approximate surface area is 91.7 Å². The Morgan fingerprint density at radius 2 is 2.13 bits per heavy atom. The molecule has 0 bridgehead atoms. The van der Waals surface area contributed by atoms with Crippen LogP contribution in [0.1, 0.15) is 39.9 Å². The van der Waals surface area contributed by atoms with Crippen LogP contribution in [0.25, 0.3) is 0 Å². The van der Waals surface area contributed by atoms with E-state index in [0.717, 1.165) is 5.76 Å². The molecular formula is C13H20O2. The molecule has 84 valence electrons. The molecule has 1 rings (SSSR count). The highest BCUT2D eigenvalue weighted by Gasteiger charge is 2.22. The molecule has 0 radical (unpaired) electrons. The van der Waals surface area contributed by atoms with Crippen LogP contribution >= 0.6 is 0 Å². The quantitative estimate of drug-likeness (QED) is 0.758. The minimum absolute atomic E-state index is 0.193. The van der Waals surface area contributed by atoms with E-state index in [1.807, 2.05) is 12.1 Å². The number of hydrogen-bond acceptors (Lipinski definition) is 2. The topological polar surface area (TPSA) is 30.2 Å². The Bertz CT molecular complexity index is 304. The van der Waals surface area contributed by atoms with Crippen molar-refractivity contribution in [2.45, 2.75) is 40.5 Å². The summed E-state index contributed by atoms with van der Waals surface area (Å²) in [6.45, 7) is 8.62. The fourth-order valence-electron chi connectivity index (χ4n) is 1.33. The van der Waals surface area contributed by atoms with Gasteiger partial charge in [-0.05, 0) is 23.5 Å². The van der Waals surface area contributed by atoms with Gasteiger partial charge in [0.05, 0.1) is 12.7 Å². The summed E-state index contributed by atoms with van der Waals surface area (Å²) < 4.78 is 5.15. The highest BCUT2D eigenvalue weighted by Crippen LogP contribution is 2.28. The maximum atomic E-state index is 11.7. The van der Waals surface area contributed by atoms with Gasteiger partial charge in [-0.15, -0.1) is 0 Å². The van der Waals surface area contributed by atoms with Crippen LogP contribution in [0, 0.1) is 11.3 Å². The van der Waals surface area contributed by atoms with Gasteiger partial charge in [0.15, 0.2) is 0 Å². The van der Waals surface area contributed by atoms with E-state index in [1.165, 1.54) is 0 Å². The Morgan fingerprint density at radius 3 is 2.60 bits per heavy atom. The van der Waals surface area contributed by atoms with Crippen molar-refractivity contribution in [2.24, 2.45) is 11.3 Å². The van der Waals surface area contributed by atoms with Crippen LogP contribution in [-0.2, 0) is 11.2 Å². The highest BCUT2D eigenvalue weighted by molar-refractivity contribution is 5.80. The SMILES string of the molecule is CC(CC(=O)Cc1ccco1)C(C)(C)C. The summed E-state index contributed by atoms with van der Waals surface area (Å²) in [5, 5.41) is 0. The number of ketones is 1. The van der Waals surface area contributed by atoms with Crippen molar-refractivity contribution in [1.29, 1.82) is 0 Å². The standard InChI is InChI=1S/C13H20O2/c1-10(13(2,3)4)8-11(14)9-12-6-5-7-15-12/h5-7,10H,8-9H2,1-4H3. The van der Waals surface area contributed by atoms with Crippen LogP contribution in [0.5, 0.6) is 0 Å². The third-order valence-electron chi connectivity index (χ3n) is 2.96. The lowest BCUT2D eigenvalue weighted by molar-refractivity contribution is -0.120. The number of carbonyl (C=O) groups is 1. The highest BCUT2D eigenvalue weighted by atomic mass is 16.3. The molecule has 2 heteroatoms. The molecule has 0 N–H and O–H groups in total. The molecule has 15 heavy (non-hydrogen) atoms. The third-order valence-corrected chi connectivity index (χ3v) is 2.96. The second-order valence-corrected chi connectivity index (χ2v) is 5.27. The molecule has 1 atom stereocenters. The van der Waals surface area contributed by atoms with Crippen molar-refractivity contribution in [3.8, 4) is 0 Å². The minimum Gasteiger partial charge on any atom is -0.469 e. The van der Waals surface area contributed by atoms with Crippen LogP contribution in [0.2, 0.25) is 0 Å². The summed E-state index contributed by atoms with van der Waals surface area (Å²) in [4.78, 5) is 11.7. The summed E-state index contributed by atoms with van der Waals surface area (Å²) in [5.74, 6) is 1.42. The van der Waals surface area contributed by atoms with Crippen molar-refractivity contribution in [2.75, 3.05) is 0 Å². The third kappa shape index (κ3) is 3.90. The maximum Gasteiger partial charge on any atom is 0.140 e. The molecule has 1 heterocycles. The Morgan fingerprint density at radius 1 is 1.47 bits per heavy atom. The Kier molecular flexibility index (Phi) is 3.72. The van der Waals surface area contributed by atoms with Gasteiger partial charge in [0.1, 0.15) is 11.5 Å². The molecule has 0 aliphatic carbocycles. The lowest BCUT2D eigenvalue weighted by Crippen LogP contribution is -2.21. The number of hydrogen-bond donors (Lipinski definition) is 0. The molecule has 0 amide bonds. The van der Waals surface area contributed by atoms with Gasteiger partial charge in [0, 0.05) is 6.42 Å². The molecule has 0 saturated heterocycles. The van der Waals surface area contributed by atoms with Crippen molar-refractivity contribution in [1.82, 2.24) is 0 Å². The first-order valence-corrected chi connectivity index (χ1v) is 5.43. The van der Waals surface area contributed by atoms with Crippen LogP contribution in [0.4, 0.5) is 0 Å². The van der Waals surface area contributed by atoms with E-state index in [2.05, 4.69) is 27.7 Å². The first kappa shape index (κ1) is 12.0. The molecule has 0 saturated carbocycles. The van der Waals surface area contributed by atoms with E-state index in [4.69, 9.17) is 4.42 Å². The van der Waals surface area contributed by atoms with E-state index in [1.54, 1.807) is 6.26 Å². The second-order valence-electron chi connectivity index (χ2n) is 5.27. The van der Waals surface area contributed by atoms with Gasteiger partial charge in [-0.2, -0.15) is 0 Å². The predicted molar refractivity (Wildman–Crippen MR) is 60.7 cm³/mol. The second kappa shape index (κ2) is 4.65. The molecule has 0 aliphatic rings. The summed E-state index contributed by atoms with van der Waals surface area (Å²) in [6.07, 6.45) is 2.66. The molecule has 0 fully saturated rings. The number of furan rings is 1. The van der Waals surface area contributed by atoms with Gasteiger partial charge in [-0.25, -0.2) is 0 Å². The summed E-state index contributed by atoms with van der Waals surface area (Å²) in [7, 11) is 0. The number of rotatable bonds is 4. The Hall–Kier alpha value is -1.05. The zero-order valence-corrected chi connectivity index (χ0v) is 10.0. The van der Waals surface area contributed by atoms with Crippen LogP contribution in [0.15, 0.2) is 22.8 Å².